The van der Waals surface area contributed by atoms with Crippen molar-refractivity contribution in [1.29, 1.82) is 0 Å². The predicted octanol–water partition coefficient (Wildman–Crippen LogP) is 3.30. The zero-order chi connectivity index (χ0) is 21.1. The minimum Gasteiger partial charge on any atom is -0.353 e. The number of halogens is 1. The summed E-state index contributed by atoms with van der Waals surface area (Å²) >= 11 is 0. The second-order valence-electron chi connectivity index (χ2n) is 7.55. The van der Waals surface area contributed by atoms with E-state index in [1.807, 2.05) is 36.1 Å². The topological polar surface area (TPSA) is 54.3 Å². The second-order valence-corrected chi connectivity index (χ2v) is 7.55. The molecule has 156 valence electrons. The number of carbonyl (C=O) groups excluding carboxylic acids is 1. The summed E-state index contributed by atoms with van der Waals surface area (Å²) in [7, 11) is 0. The van der Waals surface area contributed by atoms with Gasteiger partial charge in [0, 0.05) is 43.6 Å². The lowest BCUT2D eigenvalue weighted by Gasteiger charge is -2.35. The van der Waals surface area contributed by atoms with Gasteiger partial charge in [0.05, 0.1) is 5.69 Å². The van der Waals surface area contributed by atoms with E-state index < -0.39 is 0 Å². The molecule has 2 aromatic heterocycles. The summed E-state index contributed by atoms with van der Waals surface area (Å²) in [4.78, 5) is 21.4. The van der Waals surface area contributed by atoms with Gasteiger partial charge in [-0.15, -0.1) is 0 Å². The van der Waals surface area contributed by atoms with Crippen LogP contribution in [0, 0.1) is 12.7 Å². The van der Waals surface area contributed by atoms with Crippen LogP contribution in [0.1, 0.15) is 18.2 Å². The Morgan fingerprint density at radius 3 is 2.57 bits per heavy atom. The van der Waals surface area contributed by atoms with Crippen molar-refractivity contribution in [2.75, 3.05) is 31.1 Å². The van der Waals surface area contributed by atoms with E-state index in [1.54, 1.807) is 29.9 Å². The summed E-state index contributed by atoms with van der Waals surface area (Å²) in [6.45, 7) is 6.87. The zero-order valence-electron chi connectivity index (χ0n) is 17.4. The average Bonchev–Trinajstić information content (AvgIpc) is 3.19. The summed E-state index contributed by atoms with van der Waals surface area (Å²) in [5.74, 6) is 0.786. The Bertz CT molecular complexity index is 1030. The highest BCUT2D eigenvalue weighted by Gasteiger charge is 2.23. The van der Waals surface area contributed by atoms with Crippen LogP contribution in [0.2, 0.25) is 0 Å². The van der Waals surface area contributed by atoms with Gasteiger partial charge in [0.25, 0.3) is 0 Å². The van der Waals surface area contributed by atoms with E-state index >= 15 is 0 Å². The van der Waals surface area contributed by atoms with Crippen LogP contribution in [0.15, 0.2) is 48.7 Å². The molecule has 1 fully saturated rings. The lowest BCUT2D eigenvalue weighted by atomic mass is 10.1. The molecule has 3 heterocycles. The predicted molar refractivity (Wildman–Crippen MR) is 115 cm³/mol. The number of carbonyl (C=O) groups is 1. The maximum absolute atomic E-state index is 13.6. The van der Waals surface area contributed by atoms with Crippen LogP contribution in [-0.4, -0.2) is 51.8 Å². The Balaban J connectivity index is 1.43. The lowest BCUT2D eigenvalue weighted by Crippen LogP contribution is -2.50. The molecule has 1 aromatic carbocycles. The van der Waals surface area contributed by atoms with Crippen molar-refractivity contribution in [2.24, 2.45) is 0 Å². The van der Waals surface area contributed by atoms with Crippen molar-refractivity contribution in [2.45, 2.75) is 26.8 Å². The van der Waals surface area contributed by atoms with Crippen LogP contribution in [0.5, 0.6) is 0 Å². The smallest absolute Gasteiger partial charge is 0.244 e. The Hall–Kier alpha value is -3.22. The molecule has 1 aliphatic heterocycles. The van der Waals surface area contributed by atoms with Gasteiger partial charge in [-0.1, -0.05) is 13.0 Å². The number of hydrogen-bond acceptors (Lipinski definition) is 4. The van der Waals surface area contributed by atoms with Gasteiger partial charge < -0.3 is 9.80 Å². The third-order valence-corrected chi connectivity index (χ3v) is 5.57. The first-order valence-corrected chi connectivity index (χ1v) is 10.3. The zero-order valence-corrected chi connectivity index (χ0v) is 17.4. The minimum absolute atomic E-state index is 0.0651. The summed E-state index contributed by atoms with van der Waals surface area (Å²) in [6, 6.07) is 12.8. The highest BCUT2D eigenvalue weighted by Crippen LogP contribution is 2.22. The lowest BCUT2D eigenvalue weighted by molar-refractivity contribution is -0.132. The van der Waals surface area contributed by atoms with E-state index in [0.29, 0.717) is 18.7 Å². The average molecular weight is 407 g/mol. The molecule has 3 aromatic rings. The SMILES string of the molecule is CCc1cc(-c2ccc(F)c(C)c2)nn1CC(=O)N1CCN(c2ccccn2)CC1. The first-order valence-electron chi connectivity index (χ1n) is 10.3. The van der Waals surface area contributed by atoms with Crippen molar-refractivity contribution >= 4 is 11.7 Å². The van der Waals surface area contributed by atoms with Crippen LogP contribution in [-0.2, 0) is 17.8 Å². The molecule has 0 N–H and O–H groups in total. The molecule has 30 heavy (non-hydrogen) atoms. The molecule has 0 aliphatic carbocycles. The molecule has 0 atom stereocenters. The molecule has 6 nitrogen and oxygen atoms in total. The quantitative estimate of drug-likeness (QED) is 0.651. The molecule has 0 radical (unpaired) electrons. The third-order valence-electron chi connectivity index (χ3n) is 5.57. The molecule has 1 aliphatic rings. The van der Waals surface area contributed by atoms with Gasteiger partial charge in [0.2, 0.25) is 5.91 Å². The van der Waals surface area contributed by atoms with Crippen molar-refractivity contribution in [3.8, 4) is 11.3 Å². The van der Waals surface area contributed by atoms with Crippen LogP contribution in [0.4, 0.5) is 10.2 Å². The van der Waals surface area contributed by atoms with E-state index in [0.717, 1.165) is 42.3 Å². The standard InChI is InChI=1S/C23H26FN5O/c1-3-19-15-21(18-7-8-20(24)17(2)14-18)26-29(19)16-23(30)28-12-10-27(11-13-28)22-6-4-5-9-25-22/h4-9,14-15H,3,10-13,16H2,1-2H3. The molecule has 0 bridgehead atoms. The van der Waals surface area contributed by atoms with Crippen LogP contribution >= 0.6 is 0 Å². The maximum Gasteiger partial charge on any atom is 0.244 e. The molecular formula is C23H26FN5O. The monoisotopic (exact) mass is 407 g/mol. The first kappa shape index (κ1) is 20.1. The number of anilines is 1. The van der Waals surface area contributed by atoms with Crippen molar-refractivity contribution in [3.05, 3.63) is 65.7 Å². The fourth-order valence-electron chi connectivity index (χ4n) is 3.78. The molecule has 7 heteroatoms. The number of piperazine rings is 1. The van der Waals surface area contributed by atoms with Crippen molar-refractivity contribution < 1.29 is 9.18 Å². The Labute approximate surface area is 175 Å². The summed E-state index contributed by atoms with van der Waals surface area (Å²) in [6.07, 6.45) is 2.56. The van der Waals surface area contributed by atoms with Crippen LogP contribution < -0.4 is 4.90 Å². The molecular weight excluding hydrogens is 381 g/mol. The van der Waals surface area contributed by atoms with Crippen LogP contribution in [0.25, 0.3) is 11.3 Å². The van der Waals surface area contributed by atoms with E-state index in [2.05, 4.69) is 15.0 Å². The van der Waals surface area contributed by atoms with Gasteiger partial charge in [0.1, 0.15) is 18.2 Å². The first-order chi connectivity index (χ1) is 14.5. The van der Waals surface area contributed by atoms with Crippen molar-refractivity contribution in [1.82, 2.24) is 19.7 Å². The highest BCUT2D eigenvalue weighted by molar-refractivity contribution is 5.76. The van der Waals surface area contributed by atoms with Crippen LogP contribution in [0.3, 0.4) is 0 Å². The number of aryl methyl sites for hydroxylation is 2. The number of rotatable bonds is 5. The van der Waals surface area contributed by atoms with Gasteiger partial charge in [-0.25, -0.2) is 9.37 Å². The van der Waals surface area contributed by atoms with Crippen molar-refractivity contribution in [3.63, 3.8) is 0 Å². The number of pyridine rings is 1. The number of nitrogens with zero attached hydrogens (tertiary/aromatic N) is 5. The number of hydrogen-bond donors (Lipinski definition) is 0. The highest BCUT2D eigenvalue weighted by atomic mass is 19.1. The number of amides is 1. The van der Waals surface area contributed by atoms with E-state index in [4.69, 9.17) is 0 Å². The molecule has 0 spiro atoms. The fraction of sp³-hybridized carbons (Fsp3) is 0.348. The molecule has 1 amide bonds. The maximum atomic E-state index is 13.6. The van der Waals surface area contributed by atoms with E-state index in [1.165, 1.54) is 6.07 Å². The van der Waals surface area contributed by atoms with Gasteiger partial charge in [-0.3, -0.25) is 9.48 Å². The number of benzene rings is 1. The summed E-state index contributed by atoms with van der Waals surface area (Å²) < 4.78 is 15.4. The molecule has 0 unspecified atom stereocenters. The summed E-state index contributed by atoms with van der Waals surface area (Å²) in [5.41, 5.74) is 3.20. The Kier molecular flexibility index (Phi) is 5.79. The van der Waals surface area contributed by atoms with Gasteiger partial charge in [-0.2, -0.15) is 5.10 Å². The normalized spacial score (nSPS) is 14.2. The molecule has 1 saturated heterocycles. The van der Waals surface area contributed by atoms with E-state index in [9.17, 15) is 9.18 Å². The third kappa shape index (κ3) is 4.20. The number of aromatic nitrogens is 3. The van der Waals surface area contributed by atoms with Gasteiger partial charge in [-0.05, 0) is 55.3 Å². The fourth-order valence-corrected chi connectivity index (χ4v) is 3.78. The largest absolute Gasteiger partial charge is 0.353 e. The molecule has 0 saturated carbocycles. The molecule has 4 rings (SSSR count). The summed E-state index contributed by atoms with van der Waals surface area (Å²) in [5, 5.41) is 4.65. The Morgan fingerprint density at radius 1 is 1.10 bits per heavy atom. The Morgan fingerprint density at radius 2 is 1.90 bits per heavy atom. The van der Waals surface area contributed by atoms with Gasteiger partial charge in [0.15, 0.2) is 0 Å². The van der Waals surface area contributed by atoms with E-state index in [-0.39, 0.29) is 18.3 Å². The second kappa shape index (κ2) is 8.65. The minimum atomic E-state index is -0.228. The van der Waals surface area contributed by atoms with Gasteiger partial charge >= 0.3 is 0 Å².